The van der Waals surface area contributed by atoms with Crippen molar-refractivity contribution in [3.63, 3.8) is 0 Å². The zero-order valence-corrected chi connectivity index (χ0v) is 6.00. The van der Waals surface area contributed by atoms with E-state index in [1.165, 1.54) is 0 Å². The number of nitrogens with one attached hydrogen (secondary N) is 1. The van der Waals surface area contributed by atoms with Gasteiger partial charge in [0.05, 0.1) is 5.02 Å². The summed E-state index contributed by atoms with van der Waals surface area (Å²) in [5.41, 5.74) is 5.34. The van der Waals surface area contributed by atoms with Crippen LogP contribution in [0.5, 0.6) is 0 Å². The van der Waals surface area contributed by atoms with Crippen molar-refractivity contribution < 1.29 is 4.98 Å². The van der Waals surface area contributed by atoms with Gasteiger partial charge in [0.25, 0.3) is 5.82 Å². The largest absolute Gasteiger partial charge is 0.289 e. The summed E-state index contributed by atoms with van der Waals surface area (Å²) in [5.74, 6) is 0.432. The molecule has 1 aromatic heterocycles. The van der Waals surface area contributed by atoms with Gasteiger partial charge in [0, 0.05) is 0 Å². The van der Waals surface area contributed by atoms with E-state index in [0.29, 0.717) is 15.9 Å². The normalized spacial score (nSPS) is 9.56. The highest BCUT2D eigenvalue weighted by Gasteiger charge is 2.00. The molecule has 0 fully saturated rings. The Morgan fingerprint density at radius 2 is 2.11 bits per heavy atom. The standard InChI is InChI=1S/C5H4Cl2N2/c6-3-1-4(7)5(8)9-2-3/h1-2H,(H2,8,9)/p+1. The lowest BCUT2D eigenvalue weighted by atomic mass is 10.5. The SMILES string of the molecule is Nc1[nH+]cc(Cl)cc1Cl. The van der Waals surface area contributed by atoms with Crippen LogP contribution in [0.15, 0.2) is 12.3 Å². The molecule has 9 heavy (non-hydrogen) atoms. The predicted molar refractivity (Wildman–Crippen MR) is 37.4 cm³/mol. The molecule has 0 bridgehead atoms. The third kappa shape index (κ3) is 1.47. The fourth-order valence-electron chi connectivity index (χ4n) is 0.456. The smallest absolute Gasteiger partial charge is 0.286 e. The van der Waals surface area contributed by atoms with Crippen molar-refractivity contribution in [2.45, 2.75) is 0 Å². The second-order valence-electron chi connectivity index (χ2n) is 1.58. The average Bonchev–Trinajstić information content (AvgIpc) is 1.80. The van der Waals surface area contributed by atoms with Crippen LogP contribution in [0, 0.1) is 0 Å². The molecule has 1 heterocycles. The molecule has 1 aromatic rings. The van der Waals surface area contributed by atoms with E-state index in [1.54, 1.807) is 12.3 Å². The van der Waals surface area contributed by atoms with Crippen molar-refractivity contribution in [2.24, 2.45) is 0 Å². The molecule has 0 saturated carbocycles. The lowest BCUT2D eigenvalue weighted by Crippen LogP contribution is -2.09. The number of H-pyrrole nitrogens is 1. The monoisotopic (exact) mass is 163 g/mol. The number of anilines is 1. The molecule has 0 aliphatic carbocycles. The maximum absolute atomic E-state index is 5.57. The van der Waals surface area contributed by atoms with Crippen LogP contribution < -0.4 is 10.7 Å². The van der Waals surface area contributed by atoms with Crippen LogP contribution in [0.3, 0.4) is 0 Å². The molecule has 0 radical (unpaired) electrons. The first-order chi connectivity index (χ1) is 4.20. The Bertz CT molecular complexity index is 224. The fourth-order valence-corrected chi connectivity index (χ4v) is 0.848. The second-order valence-corrected chi connectivity index (χ2v) is 2.42. The van der Waals surface area contributed by atoms with Crippen LogP contribution >= 0.6 is 23.2 Å². The molecule has 48 valence electrons. The first-order valence-electron chi connectivity index (χ1n) is 2.32. The minimum absolute atomic E-state index is 0.432. The summed E-state index contributed by atoms with van der Waals surface area (Å²) in [6, 6.07) is 1.58. The zero-order chi connectivity index (χ0) is 6.85. The summed E-state index contributed by atoms with van der Waals surface area (Å²) in [5, 5.41) is 0.997. The van der Waals surface area contributed by atoms with Gasteiger partial charge >= 0.3 is 0 Å². The van der Waals surface area contributed by atoms with E-state index < -0.39 is 0 Å². The summed E-state index contributed by atoms with van der Waals surface area (Å²) < 4.78 is 0. The molecule has 0 aromatic carbocycles. The third-order valence-corrected chi connectivity index (χ3v) is 1.42. The first kappa shape index (κ1) is 6.65. The molecule has 0 amide bonds. The molecule has 0 spiro atoms. The second kappa shape index (κ2) is 2.42. The lowest BCUT2D eigenvalue weighted by molar-refractivity contribution is -0.360. The van der Waals surface area contributed by atoms with Gasteiger partial charge in [0.1, 0.15) is 11.2 Å². The highest BCUT2D eigenvalue weighted by Crippen LogP contribution is 2.16. The van der Waals surface area contributed by atoms with E-state index >= 15 is 0 Å². The van der Waals surface area contributed by atoms with Crippen molar-refractivity contribution >= 4 is 29.0 Å². The van der Waals surface area contributed by atoms with Gasteiger partial charge in [-0.05, 0) is 6.07 Å². The summed E-state index contributed by atoms with van der Waals surface area (Å²) in [6.45, 7) is 0. The molecule has 3 N–H and O–H groups in total. The number of nitrogens with two attached hydrogens (primary N) is 1. The number of hydrogen-bond donors (Lipinski definition) is 1. The number of halogens is 2. The van der Waals surface area contributed by atoms with Gasteiger partial charge in [-0.25, -0.2) is 4.98 Å². The van der Waals surface area contributed by atoms with Gasteiger partial charge in [-0.15, -0.1) is 0 Å². The maximum Gasteiger partial charge on any atom is 0.289 e. The minimum Gasteiger partial charge on any atom is -0.286 e. The molecule has 0 unspecified atom stereocenters. The van der Waals surface area contributed by atoms with Crippen LogP contribution in [0.25, 0.3) is 0 Å². The van der Waals surface area contributed by atoms with Crippen molar-refractivity contribution in [1.29, 1.82) is 0 Å². The molecule has 0 atom stereocenters. The zero-order valence-electron chi connectivity index (χ0n) is 4.49. The van der Waals surface area contributed by atoms with Crippen LogP contribution in [0.4, 0.5) is 5.82 Å². The van der Waals surface area contributed by atoms with E-state index in [1.807, 2.05) is 0 Å². The number of rotatable bonds is 0. The van der Waals surface area contributed by atoms with Gasteiger partial charge in [0.15, 0.2) is 0 Å². The highest BCUT2D eigenvalue weighted by molar-refractivity contribution is 6.35. The minimum atomic E-state index is 0.432. The summed E-state index contributed by atoms with van der Waals surface area (Å²) in [6.07, 6.45) is 1.57. The Kier molecular flexibility index (Phi) is 1.78. The molecule has 4 heteroatoms. The maximum atomic E-state index is 5.57. The quantitative estimate of drug-likeness (QED) is 0.618. The van der Waals surface area contributed by atoms with Crippen molar-refractivity contribution in [3.05, 3.63) is 22.3 Å². The Morgan fingerprint density at radius 3 is 2.56 bits per heavy atom. The molecular weight excluding hydrogens is 159 g/mol. The van der Waals surface area contributed by atoms with Crippen LogP contribution in [-0.4, -0.2) is 0 Å². The predicted octanol–water partition coefficient (Wildman–Crippen LogP) is 1.39. The number of aromatic nitrogens is 1. The Balaban J connectivity index is 3.17. The Labute approximate surface area is 62.6 Å². The number of pyridine rings is 1. The summed E-state index contributed by atoms with van der Waals surface area (Å²) in [4.78, 5) is 2.68. The van der Waals surface area contributed by atoms with E-state index in [9.17, 15) is 0 Å². The first-order valence-corrected chi connectivity index (χ1v) is 3.08. The highest BCUT2D eigenvalue weighted by atomic mass is 35.5. The van der Waals surface area contributed by atoms with Gasteiger partial charge in [-0.2, -0.15) is 0 Å². The molecule has 2 nitrogen and oxygen atoms in total. The van der Waals surface area contributed by atoms with Crippen molar-refractivity contribution in [2.75, 3.05) is 5.73 Å². The van der Waals surface area contributed by atoms with Crippen molar-refractivity contribution in [3.8, 4) is 0 Å². The van der Waals surface area contributed by atoms with E-state index in [0.717, 1.165) is 0 Å². The lowest BCUT2D eigenvalue weighted by Gasteiger charge is -1.88. The van der Waals surface area contributed by atoms with Gasteiger partial charge in [-0.3, -0.25) is 5.73 Å². The molecular formula is C5H5Cl2N2+. The van der Waals surface area contributed by atoms with Gasteiger partial charge < -0.3 is 0 Å². The Hall–Kier alpha value is -0.470. The molecule has 0 saturated heterocycles. The van der Waals surface area contributed by atoms with Crippen LogP contribution in [0.1, 0.15) is 0 Å². The van der Waals surface area contributed by atoms with Crippen LogP contribution in [-0.2, 0) is 0 Å². The van der Waals surface area contributed by atoms with E-state index in [-0.39, 0.29) is 0 Å². The molecule has 0 aliphatic heterocycles. The molecule has 0 aliphatic rings. The summed E-state index contributed by atoms with van der Waals surface area (Å²) >= 11 is 11.1. The number of hydrogen-bond acceptors (Lipinski definition) is 1. The van der Waals surface area contributed by atoms with Gasteiger partial charge in [0.2, 0.25) is 0 Å². The number of aromatic amines is 1. The van der Waals surface area contributed by atoms with Gasteiger partial charge in [-0.1, -0.05) is 23.2 Å². The average molecular weight is 164 g/mol. The Morgan fingerprint density at radius 1 is 1.44 bits per heavy atom. The van der Waals surface area contributed by atoms with E-state index in [4.69, 9.17) is 28.9 Å². The summed E-state index contributed by atoms with van der Waals surface area (Å²) in [7, 11) is 0. The van der Waals surface area contributed by atoms with Crippen LogP contribution in [0.2, 0.25) is 10.0 Å². The topological polar surface area (TPSA) is 40.2 Å². The van der Waals surface area contributed by atoms with Crippen molar-refractivity contribution in [1.82, 2.24) is 0 Å². The fraction of sp³-hybridized carbons (Fsp3) is 0. The third-order valence-electron chi connectivity index (χ3n) is 0.887. The molecule has 1 rings (SSSR count). The van der Waals surface area contributed by atoms with E-state index in [2.05, 4.69) is 4.98 Å². The number of nitrogen functional groups attached to an aromatic ring is 1.